The van der Waals surface area contributed by atoms with Gasteiger partial charge in [0.1, 0.15) is 17.2 Å². The Morgan fingerprint density at radius 1 is 0.853 bits per heavy atom. The fraction of sp³-hybridized carbons (Fsp3) is 0.429. The molecule has 1 aliphatic heterocycles. The summed E-state index contributed by atoms with van der Waals surface area (Å²) in [6, 6.07) is 12.8. The van der Waals surface area contributed by atoms with E-state index < -0.39 is 5.97 Å². The highest BCUT2D eigenvalue weighted by Crippen LogP contribution is 2.28. The first-order valence-corrected chi connectivity index (χ1v) is 12.1. The molecule has 0 radical (unpaired) electrons. The Labute approximate surface area is 202 Å². The van der Waals surface area contributed by atoms with E-state index in [9.17, 15) is 4.79 Å². The largest absolute Gasteiger partial charge is 0.497 e. The van der Waals surface area contributed by atoms with Crippen molar-refractivity contribution in [1.82, 2.24) is 0 Å². The minimum Gasteiger partial charge on any atom is -0.497 e. The maximum absolute atomic E-state index is 12.4. The van der Waals surface area contributed by atoms with Gasteiger partial charge >= 0.3 is 5.97 Å². The summed E-state index contributed by atoms with van der Waals surface area (Å²) >= 11 is 0. The summed E-state index contributed by atoms with van der Waals surface area (Å²) < 4.78 is 21.8. The standard InChI is InChI=1S/C28H35NO5/c1-4-5-6-7-8-9-10-11-18-33-23-15-12-21(13-16-23)27-29-25(28(30)34-27)19-22-14-17-24(31-2)20-26(22)32-3/h12-17,19-20H,4-11,18H2,1-3H3. The van der Waals surface area contributed by atoms with E-state index in [2.05, 4.69) is 11.9 Å². The summed E-state index contributed by atoms with van der Waals surface area (Å²) in [5.74, 6) is 1.83. The second-order valence-corrected chi connectivity index (χ2v) is 8.29. The summed E-state index contributed by atoms with van der Waals surface area (Å²) in [7, 11) is 3.15. The van der Waals surface area contributed by atoms with Crippen LogP contribution in [0.3, 0.4) is 0 Å². The molecule has 0 aliphatic carbocycles. The first-order valence-electron chi connectivity index (χ1n) is 12.1. The number of hydrogen-bond donors (Lipinski definition) is 0. The fourth-order valence-corrected chi connectivity index (χ4v) is 3.74. The van der Waals surface area contributed by atoms with Crippen molar-refractivity contribution in [2.24, 2.45) is 4.99 Å². The van der Waals surface area contributed by atoms with Crippen molar-refractivity contribution in [2.75, 3.05) is 20.8 Å². The van der Waals surface area contributed by atoms with Crippen LogP contribution in [0.15, 0.2) is 53.2 Å². The zero-order valence-electron chi connectivity index (χ0n) is 20.5. The average molecular weight is 466 g/mol. The number of aliphatic imine (C=N–C) groups is 1. The Balaban J connectivity index is 1.52. The lowest BCUT2D eigenvalue weighted by atomic mass is 10.1. The summed E-state index contributed by atoms with van der Waals surface area (Å²) in [5, 5.41) is 0. The number of carbonyl (C=O) groups is 1. The first kappa shape index (κ1) is 25.3. The van der Waals surface area contributed by atoms with E-state index in [1.807, 2.05) is 30.3 Å². The molecule has 0 bridgehead atoms. The second-order valence-electron chi connectivity index (χ2n) is 8.29. The number of esters is 1. The van der Waals surface area contributed by atoms with Gasteiger partial charge in [-0.3, -0.25) is 0 Å². The number of ether oxygens (including phenoxy) is 4. The van der Waals surface area contributed by atoms with Gasteiger partial charge in [-0.05, 0) is 48.9 Å². The summed E-state index contributed by atoms with van der Waals surface area (Å²) in [5.41, 5.74) is 1.65. The number of benzene rings is 2. The van der Waals surface area contributed by atoms with E-state index in [-0.39, 0.29) is 11.6 Å². The number of hydrogen-bond acceptors (Lipinski definition) is 6. The first-order chi connectivity index (χ1) is 16.6. The van der Waals surface area contributed by atoms with Crippen LogP contribution in [0.5, 0.6) is 17.2 Å². The van der Waals surface area contributed by atoms with Crippen LogP contribution >= 0.6 is 0 Å². The molecule has 0 saturated heterocycles. The molecule has 0 saturated carbocycles. The van der Waals surface area contributed by atoms with Crippen molar-refractivity contribution < 1.29 is 23.7 Å². The predicted molar refractivity (Wildman–Crippen MR) is 135 cm³/mol. The SMILES string of the molecule is CCCCCCCCCCOc1ccc(C2=NC(=Cc3ccc(OC)cc3OC)C(=O)O2)cc1. The van der Waals surface area contributed by atoms with Gasteiger partial charge < -0.3 is 18.9 Å². The molecule has 0 fully saturated rings. The molecular weight excluding hydrogens is 430 g/mol. The number of nitrogens with zero attached hydrogens (tertiary/aromatic N) is 1. The van der Waals surface area contributed by atoms with E-state index >= 15 is 0 Å². The Bertz CT molecular complexity index is 994. The van der Waals surface area contributed by atoms with E-state index in [1.54, 1.807) is 32.4 Å². The lowest BCUT2D eigenvalue weighted by molar-refractivity contribution is -0.129. The lowest BCUT2D eigenvalue weighted by Gasteiger charge is -2.07. The van der Waals surface area contributed by atoms with E-state index in [1.165, 1.54) is 44.9 Å². The van der Waals surface area contributed by atoms with Gasteiger partial charge in [0.05, 0.1) is 20.8 Å². The number of cyclic esters (lactones) is 1. The van der Waals surface area contributed by atoms with E-state index in [4.69, 9.17) is 18.9 Å². The Morgan fingerprint density at radius 2 is 1.53 bits per heavy atom. The quantitative estimate of drug-likeness (QED) is 0.179. The van der Waals surface area contributed by atoms with Gasteiger partial charge in [0, 0.05) is 17.2 Å². The van der Waals surface area contributed by atoms with Gasteiger partial charge in [-0.25, -0.2) is 9.79 Å². The van der Waals surface area contributed by atoms with Crippen LogP contribution in [-0.2, 0) is 9.53 Å². The van der Waals surface area contributed by atoms with Gasteiger partial charge in [-0.15, -0.1) is 0 Å². The third-order valence-electron chi connectivity index (χ3n) is 5.72. The molecule has 0 atom stereocenters. The van der Waals surface area contributed by atoms with Crippen molar-refractivity contribution in [3.05, 3.63) is 59.3 Å². The maximum Gasteiger partial charge on any atom is 0.363 e. The molecule has 1 aliphatic rings. The summed E-state index contributed by atoms with van der Waals surface area (Å²) in [4.78, 5) is 16.7. The van der Waals surface area contributed by atoms with Crippen LogP contribution < -0.4 is 14.2 Å². The normalized spacial score (nSPS) is 14.1. The zero-order chi connectivity index (χ0) is 24.2. The lowest BCUT2D eigenvalue weighted by Crippen LogP contribution is -2.05. The molecule has 6 heteroatoms. The second kappa shape index (κ2) is 13.4. The Kier molecular flexibility index (Phi) is 10.0. The van der Waals surface area contributed by atoms with E-state index in [0.29, 0.717) is 23.7 Å². The van der Waals surface area contributed by atoms with Gasteiger partial charge in [0.25, 0.3) is 0 Å². The van der Waals surface area contributed by atoms with Crippen molar-refractivity contribution >= 4 is 17.9 Å². The number of methoxy groups -OCH3 is 2. The van der Waals surface area contributed by atoms with Gasteiger partial charge in [-0.2, -0.15) is 0 Å². The third-order valence-corrected chi connectivity index (χ3v) is 5.72. The van der Waals surface area contributed by atoms with Crippen molar-refractivity contribution in [3.63, 3.8) is 0 Å². The molecule has 0 unspecified atom stereocenters. The maximum atomic E-state index is 12.4. The fourth-order valence-electron chi connectivity index (χ4n) is 3.74. The van der Waals surface area contributed by atoms with Gasteiger partial charge in [0.15, 0.2) is 5.70 Å². The molecule has 2 aromatic rings. The minimum atomic E-state index is -0.497. The molecule has 0 N–H and O–H groups in total. The molecule has 0 aromatic heterocycles. The summed E-state index contributed by atoms with van der Waals surface area (Å²) in [6.45, 7) is 2.95. The highest BCUT2D eigenvalue weighted by Gasteiger charge is 2.24. The molecule has 34 heavy (non-hydrogen) atoms. The van der Waals surface area contributed by atoms with Crippen LogP contribution in [-0.4, -0.2) is 32.7 Å². The number of unbranched alkanes of at least 4 members (excludes halogenated alkanes) is 7. The highest BCUT2D eigenvalue weighted by molar-refractivity contribution is 6.13. The number of carbonyl (C=O) groups excluding carboxylic acids is 1. The predicted octanol–water partition coefficient (Wildman–Crippen LogP) is 6.57. The van der Waals surface area contributed by atoms with Crippen molar-refractivity contribution in [3.8, 4) is 17.2 Å². The van der Waals surface area contributed by atoms with Gasteiger partial charge in [-0.1, -0.05) is 51.9 Å². The Hall–Kier alpha value is -3.28. The molecular formula is C28H35NO5. The van der Waals surface area contributed by atoms with Crippen LogP contribution in [0, 0.1) is 0 Å². The van der Waals surface area contributed by atoms with Crippen LogP contribution in [0.2, 0.25) is 0 Å². The van der Waals surface area contributed by atoms with Crippen LogP contribution in [0.1, 0.15) is 69.4 Å². The smallest absolute Gasteiger partial charge is 0.363 e. The zero-order valence-corrected chi connectivity index (χ0v) is 20.5. The monoisotopic (exact) mass is 465 g/mol. The van der Waals surface area contributed by atoms with Crippen molar-refractivity contribution in [2.45, 2.75) is 58.3 Å². The average Bonchev–Trinajstić information content (AvgIpc) is 3.23. The summed E-state index contributed by atoms with van der Waals surface area (Å²) in [6.07, 6.45) is 11.8. The van der Waals surface area contributed by atoms with E-state index in [0.717, 1.165) is 17.7 Å². The molecule has 2 aromatic carbocycles. The molecule has 3 rings (SSSR count). The van der Waals surface area contributed by atoms with Crippen LogP contribution in [0.25, 0.3) is 6.08 Å². The number of rotatable bonds is 14. The van der Waals surface area contributed by atoms with Crippen molar-refractivity contribution in [1.29, 1.82) is 0 Å². The highest BCUT2D eigenvalue weighted by atomic mass is 16.6. The topological polar surface area (TPSA) is 66.3 Å². The molecule has 0 spiro atoms. The molecule has 182 valence electrons. The minimum absolute atomic E-state index is 0.216. The van der Waals surface area contributed by atoms with Gasteiger partial charge in [0.2, 0.25) is 5.90 Å². The molecule has 6 nitrogen and oxygen atoms in total. The third kappa shape index (κ3) is 7.37. The van der Waals surface area contributed by atoms with Crippen LogP contribution in [0.4, 0.5) is 0 Å². The molecule has 0 amide bonds. The Morgan fingerprint density at radius 3 is 2.21 bits per heavy atom. The molecule has 1 heterocycles.